The van der Waals surface area contributed by atoms with Gasteiger partial charge in [0.05, 0.1) is 13.7 Å². The molecule has 1 saturated carbocycles. The number of rotatable bonds is 10. The van der Waals surface area contributed by atoms with Crippen molar-refractivity contribution >= 4 is 12.0 Å². The lowest BCUT2D eigenvalue weighted by Crippen LogP contribution is -2.62. The Kier molecular flexibility index (Phi) is 8.20. The molecule has 1 aromatic carbocycles. The molecule has 3 atom stereocenters. The number of fused-ring (bicyclic) bond motifs is 2. The van der Waals surface area contributed by atoms with Gasteiger partial charge < -0.3 is 28.6 Å². The summed E-state index contributed by atoms with van der Waals surface area (Å²) in [5.41, 5.74) is 0.778. The summed E-state index contributed by atoms with van der Waals surface area (Å²) in [6.45, 7) is 6.39. The molecule has 7 nitrogen and oxygen atoms in total. The predicted octanol–water partition coefficient (Wildman–Crippen LogP) is 3.97. The fourth-order valence-corrected chi connectivity index (χ4v) is 5.63. The highest BCUT2D eigenvalue weighted by Crippen LogP contribution is 2.56. The molecule has 3 unspecified atom stereocenters. The third-order valence-electron chi connectivity index (χ3n) is 6.94. The first-order chi connectivity index (χ1) is 15.4. The van der Waals surface area contributed by atoms with Gasteiger partial charge in [0.2, 0.25) is 5.91 Å². The monoisotopic (exact) mass is 447 g/mol. The lowest BCUT2D eigenvalue weighted by atomic mass is 9.52. The Bertz CT molecular complexity index is 812. The van der Waals surface area contributed by atoms with Crippen molar-refractivity contribution in [3.8, 4) is 11.5 Å². The summed E-state index contributed by atoms with van der Waals surface area (Å²) in [6, 6.07) is 5.84. The Morgan fingerprint density at radius 2 is 1.94 bits per heavy atom. The number of carbonyl (C=O) groups excluding carboxylic acids is 1. The molecule has 1 heterocycles. The molecule has 3 rings (SSSR count). The number of likely N-dealkylation sites (tertiary alicyclic amines) is 1. The van der Waals surface area contributed by atoms with E-state index >= 15 is 0 Å². The van der Waals surface area contributed by atoms with Gasteiger partial charge in [-0.25, -0.2) is 0 Å². The highest BCUT2D eigenvalue weighted by atomic mass is 16.7. The highest BCUT2D eigenvalue weighted by Gasteiger charge is 2.55. The summed E-state index contributed by atoms with van der Waals surface area (Å²) in [4.78, 5) is 14.3. The maximum Gasteiger partial charge on any atom is 0.219 e. The topological polar surface area (TPSA) is 66.5 Å². The van der Waals surface area contributed by atoms with E-state index in [1.165, 1.54) is 0 Å². The number of para-hydroxylation sites is 1. The molecule has 2 bridgehead atoms. The SMILES string of the molecule is COCOCC12CCCC(C)(CN(C(C)=O)C1)C2/C=C/c1cccc(OCOC)c1OC. The Hall–Kier alpha value is -2.09. The molecule has 2 fully saturated rings. The third kappa shape index (κ3) is 5.11. The van der Waals surface area contributed by atoms with Crippen LogP contribution in [0.2, 0.25) is 0 Å². The summed E-state index contributed by atoms with van der Waals surface area (Å²) in [7, 11) is 4.87. The molecule has 7 heteroatoms. The lowest BCUT2D eigenvalue weighted by Gasteiger charge is -2.59. The van der Waals surface area contributed by atoms with Crippen molar-refractivity contribution in [2.45, 2.75) is 33.1 Å². The molecule has 1 aromatic rings. The van der Waals surface area contributed by atoms with Gasteiger partial charge in [-0.3, -0.25) is 4.79 Å². The van der Waals surface area contributed by atoms with Gasteiger partial charge in [-0.15, -0.1) is 0 Å². The molecule has 32 heavy (non-hydrogen) atoms. The van der Waals surface area contributed by atoms with Crippen LogP contribution in [0.1, 0.15) is 38.7 Å². The van der Waals surface area contributed by atoms with Gasteiger partial charge in [0, 0.05) is 45.2 Å². The van der Waals surface area contributed by atoms with Crippen molar-refractivity contribution < 1.29 is 28.5 Å². The quantitative estimate of drug-likeness (QED) is 0.399. The van der Waals surface area contributed by atoms with Crippen LogP contribution in [-0.2, 0) is 19.0 Å². The van der Waals surface area contributed by atoms with Crippen LogP contribution < -0.4 is 9.47 Å². The van der Waals surface area contributed by atoms with Gasteiger partial charge in [0.1, 0.15) is 6.79 Å². The summed E-state index contributed by atoms with van der Waals surface area (Å²) in [5, 5.41) is 0. The van der Waals surface area contributed by atoms with Crippen molar-refractivity contribution in [3.05, 3.63) is 29.8 Å². The van der Waals surface area contributed by atoms with Gasteiger partial charge in [-0.2, -0.15) is 0 Å². The zero-order valence-electron chi connectivity index (χ0n) is 20.0. The number of nitrogens with zero attached hydrogens (tertiary/aromatic N) is 1. The van der Waals surface area contributed by atoms with E-state index in [0.717, 1.165) is 31.4 Å². The first kappa shape index (κ1) is 24.6. The number of hydrogen-bond acceptors (Lipinski definition) is 6. The zero-order valence-corrected chi connectivity index (χ0v) is 20.0. The minimum Gasteiger partial charge on any atom is -0.492 e. The van der Waals surface area contributed by atoms with E-state index in [9.17, 15) is 4.79 Å². The molecule has 1 aliphatic carbocycles. The van der Waals surface area contributed by atoms with Crippen LogP contribution in [0.3, 0.4) is 0 Å². The fourth-order valence-electron chi connectivity index (χ4n) is 5.63. The van der Waals surface area contributed by atoms with Gasteiger partial charge >= 0.3 is 0 Å². The number of methoxy groups -OCH3 is 3. The summed E-state index contributed by atoms with van der Waals surface area (Å²) in [5.74, 6) is 1.71. The van der Waals surface area contributed by atoms with E-state index < -0.39 is 0 Å². The maximum atomic E-state index is 12.3. The van der Waals surface area contributed by atoms with E-state index in [0.29, 0.717) is 24.7 Å². The summed E-state index contributed by atoms with van der Waals surface area (Å²) >= 11 is 0. The summed E-state index contributed by atoms with van der Waals surface area (Å²) in [6.07, 6.45) is 7.64. The van der Waals surface area contributed by atoms with Crippen LogP contribution in [-0.4, -0.2) is 65.4 Å². The largest absolute Gasteiger partial charge is 0.492 e. The van der Waals surface area contributed by atoms with Crippen LogP contribution in [0.25, 0.3) is 6.08 Å². The number of piperidine rings is 1. The van der Waals surface area contributed by atoms with E-state index in [1.807, 2.05) is 23.1 Å². The number of benzene rings is 1. The molecule has 2 aliphatic rings. The Morgan fingerprint density at radius 3 is 2.62 bits per heavy atom. The predicted molar refractivity (Wildman–Crippen MR) is 122 cm³/mol. The molecular weight excluding hydrogens is 410 g/mol. The van der Waals surface area contributed by atoms with E-state index in [2.05, 4.69) is 19.1 Å². The smallest absolute Gasteiger partial charge is 0.219 e. The Labute approximate surface area is 191 Å². The molecular formula is C25H37NO6. The van der Waals surface area contributed by atoms with Crippen molar-refractivity contribution in [2.24, 2.45) is 16.7 Å². The van der Waals surface area contributed by atoms with Crippen LogP contribution in [0.5, 0.6) is 11.5 Å². The molecule has 0 aromatic heterocycles. The van der Waals surface area contributed by atoms with Crippen molar-refractivity contribution in [1.82, 2.24) is 4.90 Å². The number of ether oxygens (including phenoxy) is 5. The number of hydrogen-bond donors (Lipinski definition) is 0. The van der Waals surface area contributed by atoms with Gasteiger partial charge in [0.15, 0.2) is 18.3 Å². The van der Waals surface area contributed by atoms with E-state index in [4.69, 9.17) is 23.7 Å². The molecule has 0 spiro atoms. The molecule has 1 amide bonds. The normalized spacial score (nSPS) is 27.5. The van der Waals surface area contributed by atoms with Crippen LogP contribution in [0.4, 0.5) is 0 Å². The molecule has 0 radical (unpaired) electrons. The van der Waals surface area contributed by atoms with Crippen molar-refractivity contribution in [3.63, 3.8) is 0 Å². The minimum atomic E-state index is -0.149. The zero-order chi connectivity index (χ0) is 23.2. The second-order valence-corrected chi connectivity index (χ2v) is 9.27. The summed E-state index contributed by atoms with van der Waals surface area (Å²) < 4.78 is 27.4. The average Bonchev–Trinajstić information content (AvgIpc) is 2.76. The maximum absolute atomic E-state index is 12.3. The second-order valence-electron chi connectivity index (χ2n) is 9.27. The fraction of sp³-hybridized carbons (Fsp3) is 0.640. The molecule has 1 aliphatic heterocycles. The second kappa shape index (κ2) is 10.7. The van der Waals surface area contributed by atoms with Crippen LogP contribution in [0.15, 0.2) is 24.3 Å². The number of carbonyl (C=O) groups is 1. The molecule has 178 valence electrons. The number of amides is 1. The van der Waals surface area contributed by atoms with E-state index in [-0.39, 0.29) is 36.2 Å². The highest BCUT2D eigenvalue weighted by molar-refractivity contribution is 5.73. The Morgan fingerprint density at radius 1 is 1.16 bits per heavy atom. The van der Waals surface area contributed by atoms with Crippen molar-refractivity contribution in [2.75, 3.05) is 54.6 Å². The van der Waals surface area contributed by atoms with Crippen molar-refractivity contribution in [1.29, 1.82) is 0 Å². The molecule has 0 N–H and O–H groups in total. The first-order valence-electron chi connectivity index (χ1n) is 11.2. The van der Waals surface area contributed by atoms with Gasteiger partial charge in [-0.05, 0) is 30.2 Å². The standard InChI is InChI=1S/C25H37NO6/c1-19(27)26-14-24(2)12-7-13-25(15-26,16-31-17-28-3)22(24)11-10-20-8-6-9-21(23(20)30-5)32-18-29-4/h6,8-11,22H,7,12-18H2,1-5H3/b11-10+. The lowest BCUT2D eigenvalue weighted by molar-refractivity contribution is -0.161. The van der Waals surface area contributed by atoms with Gasteiger partial charge in [0.25, 0.3) is 0 Å². The first-order valence-corrected chi connectivity index (χ1v) is 11.2. The average molecular weight is 448 g/mol. The van der Waals surface area contributed by atoms with Gasteiger partial charge in [-0.1, -0.05) is 37.6 Å². The minimum absolute atomic E-state index is 0.0213. The van der Waals surface area contributed by atoms with Crippen LogP contribution in [0, 0.1) is 16.7 Å². The van der Waals surface area contributed by atoms with E-state index in [1.54, 1.807) is 28.3 Å². The van der Waals surface area contributed by atoms with Crippen LogP contribution >= 0.6 is 0 Å². The third-order valence-corrected chi connectivity index (χ3v) is 6.94. The number of allylic oxidation sites excluding steroid dienone is 1. The molecule has 1 saturated heterocycles. The Balaban J connectivity index is 1.95.